The lowest BCUT2D eigenvalue weighted by Crippen LogP contribution is -2.32. The van der Waals surface area contributed by atoms with Crippen molar-refractivity contribution >= 4 is 16.8 Å². The van der Waals surface area contributed by atoms with Crippen molar-refractivity contribution in [2.45, 2.75) is 24.9 Å². The van der Waals surface area contributed by atoms with Crippen LogP contribution in [0, 0.1) is 11.7 Å². The molecule has 2 heterocycles. The second-order valence-electron chi connectivity index (χ2n) is 6.92. The maximum atomic E-state index is 13.3. The molecule has 1 saturated carbocycles. The van der Waals surface area contributed by atoms with Gasteiger partial charge in [-0.25, -0.2) is 4.39 Å². The van der Waals surface area contributed by atoms with Crippen LogP contribution in [0.2, 0.25) is 0 Å². The number of hydrogen-bond acceptors (Lipinski definition) is 4. The summed E-state index contributed by atoms with van der Waals surface area (Å²) in [7, 11) is 1.88. The molecule has 3 atom stereocenters. The number of aryl methyl sites for hydroxylation is 1. The van der Waals surface area contributed by atoms with Crippen LogP contribution in [0.4, 0.5) is 4.39 Å². The molecule has 2 aromatic heterocycles. The summed E-state index contributed by atoms with van der Waals surface area (Å²) >= 11 is 0. The number of aromatic nitrogens is 4. The van der Waals surface area contributed by atoms with Gasteiger partial charge in [-0.05, 0) is 37.1 Å². The molecule has 1 fully saturated rings. The fourth-order valence-corrected chi connectivity index (χ4v) is 3.74. The summed E-state index contributed by atoms with van der Waals surface area (Å²) in [5.41, 5.74) is 1.09. The minimum Gasteiger partial charge on any atom is -0.393 e. The Morgan fingerprint density at radius 2 is 2.27 bits per heavy atom. The summed E-state index contributed by atoms with van der Waals surface area (Å²) in [6.45, 7) is 0.373. The number of carbonyl (C=O) groups excluding carboxylic acids is 1. The smallest absolute Gasteiger partial charge is 0.267 e. The molecule has 3 N–H and O–H groups in total. The number of aromatic amines is 1. The summed E-state index contributed by atoms with van der Waals surface area (Å²) in [6, 6.07) is 5.96. The van der Waals surface area contributed by atoms with E-state index in [-0.39, 0.29) is 23.6 Å². The van der Waals surface area contributed by atoms with Gasteiger partial charge in [-0.3, -0.25) is 4.79 Å². The van der Waals surface area contributed by atoms with Crippen molar-refractivity contribution in [3.05, 3.63) is 47.9 Å². The molecule has 0 unspecified atom stereocenters. The fourth-order valence-electron chi connectivity index (χ4n) is 3.74. The Bertz CT molecular complexity index is 950. The zero-order chi connectivity index (χ0) is 18.3. The molecule has 0 spiro atoms. The molecule has 0 aliphatic heterocycles. The van der Waals surface area contributed by atoms with E-state index >= 15 is 0 Å². The van der Waals surface area contributed by atoms with E-state index in [1.807, 2.05) is 11.6 Å². The van der Waals surface area contributed by atoms with Crippen LogP contribution in [0.15, 0.2) is 30.6 Å². The maximum absolute atomic E-state index is 13.3. The molecule has 1 amide bonds. The minimum absolute atomic E-state index is 0.0394. The number of aliphatic hydroxyl groups excluding tert-OH is 1. The van der Waals surface area contributed by atoms with Crippen LogP contribution in [0.5, 0.6) is 0 Å². The number of rotatable bonds is 4. The number of H-pyrrole nitrogens is 1. The van der Waals surface area contributed by atoms with Crippen molar-refractivity contribution < 1.29 is 14.3 Å². The molecule has 0 radical (unpaired) electrons. The molecule has 7 nitrogen and oxygen atoms in total. The van der Waals surface area contributed by atoms with Crippen LogP contribution in [0.25, 0.3) is 10.9 Å². The molecule has 0 saturated heterocycles. The summed E-state index contributed by atoms with van der Waals surface area (Å²) in [6.07, 6.45) is 2.51. The van der Waals surface area contributed by atoms with E-state index in [4.69, 9.17) is 0 Å². The first-order valence-electron chi connectivity index (χ1n) is 8.59. The third-order valence-corrected chi connectivity index (χ3v) is 5.12. The van der Waals surface area contributed by atoms with Crippen molar-refractivity contribution in [2.24, 2.45) is 13.0 Å². The number of amides is 1. The van der Waals surface area contributed by atoms with Crippen LogP contribution >= 0.6 is 0 Å². The number of hydrogen-bond donors (Lipinski definition) is 3. The van der Waals surface area contributed by atoms with E-state index < -0.39 is 6.10 Å². The topological polar surface area (TPSA) is 95.8 Å². The number of aliphatic hydroxyl groups is 1. The summed E-state index contributed by atoms with van der Waals surface area (Å²) in [4.78, 5) is 15.4. The molecule has 0 bridgehead atoms. The molecule has 1 aromatic carbocycles. The Labute approximate surface area is 149 Å². The zero-order valence-corrected chi connectivity index (χ0v) is 14.3. The number of nitrogens with zero attached hydrogens (tertiary/aromatic N) is 3. The van der Waals surface area contributed by atoms with E-state index in [2.05, 4.69) is 20.5 Å². The molecular formula is C18H20FN5O2. The Morgan fingerprint density at radius 1 is 1.42 bits per heavy atom. The van der Waals surface area contributed by atoms with Crippen molar-refractivity contribution in [1.29, 1.82) is 0 Å². The van der Waals surface area contributed by atoms with Gasteiger partial charge >= 0.3 is 0 Å². The Hall–Kier alpha value is -2.74. The molecule has 26 heavy (non-hydrogen) atoms. The Balaban J connectivity index is 1.40. The molecular weight excluding hydrogens is 337 g/mol. The number of carbonyl (C=O) groups is 1. The third-order valence-electron chi connectivity index (χ3n) is 5.12. The molecule has 1 aliphatic carbocycles. The molecule has 3 aromatic rings. The molecule has 136 valence electrons. The standard InChI is InChI=1S/C18H20FN5O2/c1-24-9-21-23-17(24)11-4-12(16(25)7-11)8-20-18(26)15-6-10-5-13(19)2-3-14(10)22-15/h2-3,5-6,9,11-12,16,22,25H,4,7-8H2,1H3,(H,20,26)/t11-,12+,16+/m0/s1. The first-order valence-corrected chi connectivity index (χ1v) is 8.59. The fraction of sp³-hybridized carbons (Fsp3) is 0.389. The molecule has 4 rings (SSSR count). The molecule has 8 heteroatoms. The van der Waals surface area contributed by atoms with Crippen molar-refractivity contribution in [3.63, 3.8) is 0 Å². The number of nitrogens with one attached hydrogen (secondary N) is 2. The lowest BCUT2D eigenvalue weighted by atomic mass is 10.0. The van der Waals surface area contributed by atoms with Gasteiger partial charge in [-0.15, -0.1) is 10.2 Å². The van der Waals surface area contributed by atoms with Crippen LogP contribution in [-0.4, -0.2) is 43.4 Å². The highest BCUT2D eigenvalue weighted by molar-refractivity contribution is 5.98. The summed E-state index contributed by atoms with van der Waals surface area (Å²) in [5, 5.41) is 21.8. The van der Waals surface area contributed by atoms with E-state index in [1.54, 1.807) is 18.5 Å². The quantitative estimate of drug-likeness (QED) is 0.662. The van der Waals surface area contributed by atoms with Crippen LogP contribution in [0.3, 0.4) is 0 Å². The second kappa shape index (κ2) is 6.53. The first-order chi connectivity index (χ1) is 12.5. The van der Waals surface area contributed by atoms with Crippen LogP contribution < -0.4 is 5.32 Å². The number of fused-ring (bicyclic) bond motifs is 1. The second-order valence-corrected chi connectivity index (χ2v) is 6.92. The average Bonchev–Trinajstić information content (AvgIpc) is 3.30. The lowest BCUT2D eigenvalue weighted by Gasteiger charge is -2.14. The first kappa shape index (κ1) is 16.7. The van der Waals surface area contributed by atoms with E-state index in [0.29, 0.717) is 29.6 Å². The predicted molar refractivity (Wildman–Crippen MR) is 93.1 cm³/mol. The maximum Gasteiger partial charge on any atom is 0.267 e. The Morgan fingerprint density at radius 3 is 3.04 bits per heavy atom. The Kier molecular flexibility index (Phi) is 4.20. The van der Waals surface area contributed by atoms with Gasteiger partial charge in [0.2, 0.25) is 0 Å². The lowest BCUT2D eigenvalue weighted by molar-refractivity contribution is 0.0912. The predicted octanol–water partition coefficient (Wildman–Crippen LogP) is 1.72. The van der Waals surface area contributed by atoms with E-state index in [9.17, 15) is 14.3 Å². The average molecular weight is 357 g/mol. The highest BCUT2D eigenvalue weighted by Gasteiger charge is 2.36. The molecule has 1 aliphatic rings. The number of benzene rings is 1. The van der Waals surface area contributed by atoms with Gasteiger partial charge in [-0.1, -0.05) is 0 Å². The summed E-state index contributed by atoms with van der Waals surface area (Å²) < 4.78 is 15.1. The van der Waals surface area contributed by atoms with Crippen LogP contribution in [-0.2, 0) is 7.05 Å². The zero-order valence-electron chi connectivity index (χ0n) is 14.3. The van der Waals surface area contributed by atoms with E-state index in [1.165, 1.54) is 12.1 Å². The number of halogens is 1. The summed E-state index contributed by atoms with van der Waals surface area (Å²) in [5.74, 6) is 0.344. The minimum atomic E-state index is -0.492. The van der Waals surface area contributed by atoms with E-state index in [0.717, 1.165) is 12.2 Å². The van der Waals surface area contributed by atoms with Gasteiger partial charge in [0.15, 0.2) is 0 Å². The van der Waals surface area contributed by atoms with Gasteiger partial charge in [-0.2, -0.15) is 0 Å². The monoisotopic (exact) mass is 357 g/mol. The van der Waals surface area contributed by atoms with Gasteiger partial charge in [0, 0.05) is 36.3 Å². The van der Waals surface area contributed by atoms with Gasteiger partial charge < -0.3 is 20.0 Å². The highest BCUT2D eigenvalue weighted by atomic mass is 19.1. The van der Waals surface area contributed by atoms with Crippen molar-refractivity contribution in [3.8, 4) is 0 Å². The third kappa shape index (κ3) is 3.08. The van der Waals surface area contributed by atoms with Crippen molar-refractivity contribution in [1.82, 2.24) is 25.1 Å². The van der Waals surface area contributed by atoms with Gasteiger partial charge in [0.05, 0.1) is 6.10 Å². The van der Waals surface area contributed by atoms with Crippen molar-refractivity contribution in [2.75, 3.05) is 6.54 Å². The SMILES string of the molecule is Cn1cnnc1[C@H]1C[C@H](CNC(=O)c2cc3cc(F)ccc3[nH]2)[C@H](O)C1. The largest absolute Gasteiger partial charge is 0.393 e. The van der Waals surface area contributed by atoms with Gasteiger partial charge in [0.25, 0.3) is 5.91 Å². The van der Waals surface area contributed by atoms with Gasteiger partial charge in [0.1, 0.15) is 23.7 Å². The van der Waals surface area contributed by atoms with Crippen LogP contribution in [0.1, 0.15) is 35.1 Å². The normalized spacial score (nSPS) is 22.8. The highest BCUT2D eigenvalue weighted by Crippen LogP contribution is 2.37.